The minimum Gasteiger partial charge on any atom is -0.458 e. The number of ether oxygens (including phenoxy) is 4. The summed E-state index contributed by atoms with van der Waals surface area (Å²) in [6.07, 6.45) is 5.88. The zero-order valence-electron chi connectivity index (χ0n) is 21.3. The van der Waals surface area contributed by atoms with Gasteiger partial charge < -0.3 is 18.9 Å². The van der Waals surface area contributed by atoms with Crippen molar-refractivity contribution in [2.24, 2.45) is 0 Å². The molecule has 0 aromatic heterocycles. The van der Waals surface area contributed by atoms with Gasteiger partial charge in [-0.2, -0.15) is 0 Å². The van der Waals surface area contributed by atoms with Crippen molar-refractivity contribution in [1.82, 2.24) is 0 Å². The van der Waals surface area contributed by atoms with Crippen LogP contribution in [0.5, 0.6) is 0 Å². The van der Waals surface area contributed by atoms with Gasteiger partial charge in [0.1, 0.15) is 26.4 Å². The fourth-order valence-electron chi connectivity index (χ4n) is 2.44. The molecule has 0 N–H and O–H groups in total. The van der Waals surface area contributed by atoms with E-state index >= 15 is 0 Å². The summed E-state index contributed by atoms with van der Waals surface area (Å²) in [6.45, 7) is 20.3. The number of hydrogen-bond acceptors (Lipinski definition) is 8. The molecule has 0 amide bonds. The first-order valence-corrected chi connectivity index (χ1v) is 11.2. The highest BCUT2D eigenvalue weighted by Gasteiger charge is 2.18. The van der Waals surface area contributed by atoms with Gasteiger partial charge in [-0.3, -0.25) is 0 Å². The Morgan fingerprint density at radius 2 is 0.763 bits per heavy atom. The Morgan fingerprint density at radius 3 is 1.03 bits per heavy atom. The Hall–Kier alpha value is -4.98. The minimum absolute atomic E-state index is 0.0921. The zero-order chi connectivity index (χ0) is 28.8. The molecule has 0 saturated carbocycles. The number of esters is 4. The first-order valence-electron chi connectivity index (χ1n) is 11.2. The van der Waals surface area contributed by atoms with Gasteiger partial charge in [-0.1, -0.05) is 62.8 Å². The lowest BCUT2D eigenvalue weighted by Crippen LogP contribution is -2.14. The Bertz CT molecular complexity index is 1010. The third-order valence-corrected chi connectivity index (χ3v) is 4.05. The van der Waals surface area contributed by atoms with Crippen molar-refractivity contribution < 1.29 is 38.1 Å². The molecule has 2 aromatic rings. The van der Waals surface area contributed by atoms with E-state index < -0.39 is 23.9 Å². The topological polar surface area (TPSA) is 105 Å². The largest absolute Gasteiger partial charge is 0.458 e. The molecular formula is C30H32O8. The van der Waals surface area contributed by atoms with Crippen LogP contribution in [-0.2, 0) is 18.9 Å². The van der Waals surface area contributed by atoms with Crippen LogP contribution < -0.4 is 0 Å². The van der Waals surface area contributed by atoms with Crippen LogP contribution in [0, 0.1) is 0 Å². The number of rotatable bonds is 12. The van der Waals surface area contributed by atoms with Crippen molar-refractivity contribution in [2.75, 3.05) is 26.4 Å². The van der Waals surface area contributed by atoms with Crippen LogP contribution in [0.25, 0.3) is 0 Å². The van der Waals surface area contributed by atoms with E-state index in [2.05, 4.69) is 39.5 Å². The lowest BCUT2D eigenvalue weighted by Gasteiger charge is -2.07. The molecule has 0 bridgehead atoms. The van der Waals surface area contributed by atoms with E-state index in [1.165, 1.54) is 60.7 Å². The van der Waals surface area contributed by atoms with Crippen LogP contribution in [0.1, 0.15) is 41.4 Å². The summed E-state index contributed by atoms with van der Waals surface area (Å²) in [4.78, 5) is 46.3. The van der Waals surface area contributed by atoms with Gasteiger partial charge in [-0.05, 0) is 36.4 Å². The van der Waals surface area contributed by atoms with E-state index in [0.29, 0.717) is 11.1 Å². The van der Waals surface area contributed by atoms with Gasteiger partial charge in [0, 0.05) is 0 Å². The minimum atomic E-state index is -0.582. The van der Waals surface area contributed by atoms with Gasteiger partial charge in [-0.15, -0.1) is 13.2 Å². The molecule has 0 spiro atoms. The zero-order valence-corrected chi connectivity index (χ0v) is 21.3. The third kappa shape index (κ3) is 12.1. The van der Waals surface area contributed by atoms with E-state index in [1.807, 2.05) is 0 Å². The van der Waals surface area contributed by atoms with Crippen molar-refractivity contribution in [1.29, 1.82) is 0 Å². The highest BCUT2D eigenvalue weighted by Crippen LogP contribution is 2.12. The SMILES string of the molecule is C=C.C=CCOC(=O)c1ccc(C(=O)OCC=C)cc1.C=CCOC(=O)c1ccccc1C(=O)OCC=C. The second kappa shape index (κ2) is 20.2. The average Bonchev–Trinajstić information content (AvgIpc) is 2.97. The van der Waals surface area contributed by atoms with Crippen molar-refractivity contribution in [3.8, 4) is 0 Å². The molecule has 0 unspecified atom stereocenters. The lowest BCUT2D eigenvalue weighted by molar-refractivity contribution is 0.0503. The molecule has 0 aliphatic rings. The predicted molar refractivity (Wildman–Crippen MR) is 146 cm³/mol. The summed E-state index contributed by atoms with van der Waals surface area (Å²) < 4.78 is 19.5. The van der Waals surface area contributed by atoms with Crippen molar-refractivity contribution >= 4 is 23.9 Å². The molecule has 0 aliphatic carbocycles. The van der Waals surface area contributed by atoms with E-state index in [1.54, 1.807) is 12.1 Å². The summed E-state index contributed by atoms with van der Waals surface area (Å²) in [5, 5.41) is 0. The summed E-state index contributed by atoms with van der Waals surface area (Å²) in [7, 11) is 0. The van der Waals surface area contributed by atoms with Crippen LogP contribution in [0.15, 0.2) is 112 Å². The van der Waals surface area contributed by atoms with Crippen LogP contribution in [0.3, 0.4) is 0 Å². The van der Waals surface area contributed by atoms with Crippen LogP contribution in [0.4, 0.5) is 0 Å². The molecule has 8 nitrogen and oxygen atoms in total. The fourth-order valence-corrected chi connectivity index (χ4v) is 2.44. The van der Waals surface area contributed by atoms with E-state index in [4.69, 9.17) is 18.9 Å². The molecule has 0 fully saturated rings. The fraction of sp³-hybridized carbons (Fsp3) is 0.133. The summed E-state index contributed by atoms with van der Waals surface area (Å²) in [6, 6.07) is 12.4. The first kappa shape index (κ1) is 33.0. The molecule has 0 aliphatic heterocycles. The van der Waals surface area contributed by atoms with Crippen LogP contribution >= 0.6 is 0 Å². The standard InChI is InChI=1S/2C14H14O4.C2H4/c1-3-9-17-13(15)11-5-7-12(8-6-11)14(16)18-10-4-2;1-3-9-17-13(15)11-7-5-6-8-12(11)14(16)18-10-4-2;1-2/h2*3-8H,1-2,9-10H2;1-2H2. The second-order valence-electron chi connectivity index (χ2n) is 6.67. The molecule has 2 rings (SSSR count). The second-order valence-corrected chi connectivity index (χ2v) is 6.67. The Balaban J connectivity index is 0.000000676. The monoisotopic (exact) mass is 520 g/mol. The van der Waals surface area contributed by atoms with E-state index in [0.717, 1.165) is 0 Å². The van der Waals surface area contributed by atoms with Crippen molar-refractivity contribution in [3.63, 3.8) is 0 Å². The van der Waals surface area contributed by atoms with Crippen molar-refractivity contribution in [2.45, 2.75) is 0 Å². The smallest absolute Gasteiger partial charge is 0.339 e. The highest BCUT2D eigenvalue weighted by atomic mass is 16.5. The van der Waals surface area contributed by atoms with Gasteiger partial charge in [0.2, 0.25) is 0 Å². The maximum atomic E-state index is 11.7. The first-order chi connectivity index (χ1) is 18.4. The Labute approximate surface area is 223 Å². The van der Waals surface area contributed by atoms with Crippen molar-refractivity contribution in [3.05, 3.63) is 135 Å². The van der Waals surface area contributed by atoms with Crippen LogP contribution in [0.2, 0.25) is 0 Å². The van der Waals surface area contributed by atoms with Gasteiger partial charge in [0.15, 0.2) is 0 Å². The molecule has 0 radical (unpaired) electrons. The maximum absolute atomic E-state index is 11.7. The van der Waals surface area contributed by atoms with Gasteiger partial charge in [0.25, 0.3) is 0 Å². The molecule has 0 heterocycles. The predicted octanol–water partition coefficient (Wildman–Crippen LogP) is 5.55. The molecule has 8 heteroatoms. The number of carbonyl (C=O) groups excluding carboxylic acids is 4. The Kier molecular flexibility index (Phi) is 17.6. The molecule has 200 valence electrons. The highest BCUT2D eigenvalue weighted by molar-refractivity contribution is 6.03. The summed E-state index contributed by atoms with van der Waals surface area (Å²) in [5.74, 6) is -2.08. The normalized spacial score (nSPS) is 8.95. The maximum Gasteiger partial charge on any atom is 0.339 e. The number of carbonyl (C=O) groups is 4. The van der Waals surface area contributed by atoms with Gasteiger partial charge in [0.05, 0.1) is 22.3 Å². The quantitative estimate of drug-likeness (QED) is 0.204. The van der Waals surface area contributed by atoms with Gasteiger partial charge in [-0.25, -0.2) is 19.2 Å². The Morgan fingerprint density at radius 1 is 0.500 bits per heavy atom. The molecule has 2 aromatic carbocycles. The number of hydrogen-bond donors (Lipinski definition) is 0. The average molecular weight is 521 g/mol. The molecular weight excluding hydrogens is 488 g/mol. The van der Waals surface area contributed by atoms with Gasteiger partial charge >= 0.3 is 23.9 Å². The molecule has 0 saturated heterocycles. The third-order valence-electron chi connectivity index (χ3n) is 4.05. The van der Waals surface area contributed by atoms with E-state index in [-0.39, 0.29) is 37.6 Å². The molecule has 0 atom stereocenters. The lowest BCUT2D eigenvalue weighted by atomic mass is 10.1. The van der Waals surface area contributed by atoms with E-state index in [9.17, 15) is 19.2 Å². The summed E-state index contributed by atoms with van der Waals surface area (Å²) >= 11 is 0. The van der Waals surface area contributed by atoms with Crippen LogP contribution in [-0.4, -0.2) is 50.3 Å². The summed E-state index contributed by atoms with van der Waals surface area (Å²) in [5.41, 5.74) is 1.09. The number of benzene rings is 2. The molecule has 38 heavy (non-hydrogen) atoms.